The van der Waals surface area contributed by atoms with Gasteiger partial charge in [-0.05, 0) is 31.2 Å². The summed E-state index contributed by atoms with van der Waals surface area (Å²) in [6.45, 7) is 1.58. The van der Waals surface area contributed by atoms with Gasteiger partial charge >= 0.3 is 0 Å². The molecule has 3 heterocycles. The largest absolute Gasteiger partial charge is 0.342 e. The molecule has 7 heteroatoms. The molecule has 1 N–H and O–H groups in total. The van der Waals surface area contributed by atoms with Crippen LogP contribution in [0.25, 0.3) is 0 Å². The Kier molecular flexibility index (Phi) is 5.04. The second-order valence-corrected chi connectivity index (χ2v) is 7.20. The monoisotopic (exact) mass is 352 g/mol. The van der Waals surface area contributed by atoms with Gasteiger partial charge in [-0.1, -0.05) is 12.8 Å². The zero-order valence-electron chi connectivity index (χ0n) is 14.8. The van der Waals surface area contributed by atoms with Crippen LogP contribution in [-0.2, 0) is 4.79 Å². The predicted octanol–water partition coefficient (Wildman–Crippen LogP) is 2.91. The number of rotatable bonds is 5. The van der Waals surface area contributed by atoms with E-state index in [0.29, 0.717) is 23.6 Å². The minimum atomic E-state index is 0.271. The van der Waals surface area contributed by atoms with Gasteiger partial charge in [0, 0.05) is 44.0 Å². The lowest BCUT2D eigenvalue weighted by Gasteiger charge is -2.18. The summed E-state index contributed by atoms with van der Waals surface area (Å²) in [5.41, 5.74) is 0.975. The van der Waals surface area contributed by atoms with Crippen LogP contribution in [0.15, 0.2) is 30.9 Å². The molecule has 2 aromatic rings. The van der Waals surface area contributed by atoms with Crippen LogP contribution in [-0.4, -0.2) is 43.8 Å². The van der Waals surface area contributed by atoms with Crippen molar-refractivity contribution >= 4 is 17.7 Å². The Morgan fingerprint density at radius 1 is 1.15 bits per heavy atom. The van der Waals surface area contributed by atoms with Crippen molar-refractivity contribution in [2.45, 2.75) is 44.4 Å². The fourth-order valence-corrected chi connectivity index (χ4v) is 3.96. The van der Waals surface area contributed by atoms with Crippen molar-refractivity contribution in [3.63, 3.8) is 0 Å². The third-order valence-electron chi connectivity index (χ3n) is 5.38. The summed E-state index contributed by atoms with van der Waals surface area (Å²) in [5.74, 6) is 2.31. The van der Waals surface area contributed by atoms with E-state index in [4.69, 9.17) is 0 Å². The molecule has 1 saturated heterocycles. The van der Waals surface area contributed by atoms with Gasteiger partial charge in [0.1, 0.15) is 0 Å². The maximum atomic E-state index is 12.6. The molecule has 26 heavy (non-hydrogen) atoms. The highest BCUT2D eigenvalue weighted by Gasteiger charge is 2.30. The Bertz CT molecular complexity index is 747. The Labute approximate surface area is 153 Å². The van der Waals surface area contributed by atoms with Crippen molar-refractivity contribution in [2.24, 2.45) is 5.92 Å². The Morgan fingerprint density at radius 2 is 2.04 bits per heavy atom. The molecule has 2 aromatic heterocycles. The Hall–Kier alpha value is -2.57. The lowest BCUT2D eigenvalue weighted by molar-refractivity contribution is -0.131. The van der Waals surface area contributed by atoms with Gasteiger partial charge in [0.2, 0.25) is 11.9 Å². The molecule has 1 amide bonds. The minimum absolute atomic E-state index is 0.271. The van der Waals surface area contributed by atoms with Crippen LogP contribution in [0.4, 0.5) is 11.8 Å². The lowest BCUT2D eigenvalue weighted by atomic mass is 10.0. The zero-order valence-corrected chi connectivity index (χ0v) is 14.8. The third kappa shape index (κ3) is 3.98. The van der Waals surface area contributed by atoms with E-state index in [1.807, 2.05) is 11.0 Å². The number of carbonyl (C=O) groups is 1. The molecule has 2 fully saturated rings. The van der Waals surface area contributed by atoms with Gasteiger partial charge in [-0.2, -0.15) is 0 Å². The topological polar surface area (TPSA) is 83.9 Å². The third-order valence-corrected chi connectivity index (χ3v) is 5.38. The summed E-state index contributed by atoms with van der Waals surface area (Å²) in [6.07, 6.45) is 13.3. The first kappa shape index (κ1) is 16.9. The Morgan fingerprint density at radius 3 is 2.85 bits per heavy atom. The second kappa shape index (κ2) is 7.76. The van der Waals surface area contributed by atoms with E-state index >= 15 is 0 Å². The molecule has 0 bridgehead atoms. The summed E-state index contributed by atoms with van der Waals surface area (Å²) >= 11 is 0. The molecule has 2 aliphatic rings. The van der Waals surface area contributed by atoms with Crippen LogP contribution in [0.2, 0.25) is 0 Å². The molecule has 1 saturated carbocycles. The number of amides is 1. The highest BCUT2D eigenvalue weighted by atomic mass is 16.2. The van der Waals surface area contributed by atoms with Crippen molar-refractivity contribution < 1.29 is 4.79 Å². The summed E-state index contributed by atoms with van der Waals surface area (Å²) < 4.78 is 0. The smallest absolute Gasteiger partial charge is 0.228 e. The molecule has 0 aromatic carbocycles. The van der Waals surface area contributed by atoms with Crippen molar-refractivity contribution in [3.8, 4) is 0 Å². The number of hydrogen-bond donors (Lipinski definition) is 1. The lowest BCUT2D eigenvalue weighted by Crippen LogP contribution is -2.29. The number of likely N-dealkylation sites (tertiary alicyclic amines) is 1. The summed E-state index contributed by atoms with van der Waals surface area (Å²) in [7, 11) is 0. The van der Waals surface area contributed by atoms with Crippen molar-refractivity contribution in [2.75, 3.05) is 18.4 Å². The van der Waals surface area contributed by atoms with Gasteiger partial charge in [-0.3, -0.25) is 9.78 Å². The van der Waals surface area contributed by atoms with Crippen LogP contribution < -0.4 is 5.32 Å². The number of hydrogen-bond acceptors (Lipinski definition) is 6. The van der Waals surface area contributed by atoms with Gasteiger partial charge in [-0.15, -0.1) is 0 Å². The van der Waals surface area contributed by atoms with Crippen LogP contribution in [0.3, 0.4) is 0 Å². The molecule has 1 aliphatic heterocycles. The fraction of sp³-hybridized carbons (Fsp3) is 0.526. The number of aromatic nitrogens is 4. The number of nitrogens with zero attached hydrogens (tertiary/aromatic N) is 5. The molecule has 1 atom stereocenters. The van der Waals surface area contributed by atoms with Crippen LogP contribution in [0.5, 0.6) is 0 Å². The first-order chi connectivity index (χ1) is 12.8. The van der Waals surface area contributed by atoms with E-state index in [9.17, 15) is 4.79 Å². The molecular formula is C19H24N6O. The van der Waals surface area contributed by atoms with E-state index in [1.165, 1.54) is 25.7 Å². The number of nitrogens with one attached hydrogen (secondary N) is 1. The van der Waals surface area contributed by atoms with Crippen LogP contribution in [0, 0.1) is 5.92 Å². The van der Waals surface area contributed by atoms with E-state index in [2.05, 4.69) is 25.3 Å². The van der Waals surface area contributed by atoms with Crippen LogP contribution in [0.1, 0.15) is 50.1 Å². The molecule has 1 aliphatic carbocycles. The zero-order chi connectivity index (χ0) is 17.8. The first-order valence-electron chi connectivity index (χ1n) is 9.41. The average Bonchev–Trinajstić information content (AvgIpc) is 3.35. The standard InChI is InChI=1S/C19H24N6O/c26-18(11-14-3-1-2-4-14)25-10-6-15(13-25)16-5-7-22-19(23-16)24-17-12-20-8-9-21-17/h5,7-9,12,14-15H,1-4,6,10-11,13H2,(H,21,22,23,24)/t15-/m0/s1. The van der Waals surface area contributed by atoms with Crippen LogP contribution >= 0.6 is 0 Å². The van der Waals surface area contributed by atoms with Crippen molar-refractivity contribution in [3.05, 3.63) is 36.5 Å². The first-order valence-corrected chi connectivity index (χ1v) is 9.41. The molecular weight excluding hydrogens is 328 g/mol. The van der Waals surface area contributed by atoms with E-state index in [0.717, 1.165) is 31.6 Å². The minimum Gasteiger partial charge on any atom is -0.342 e. The molecule has 136 valence electrons. The number of anilines is 2. The van der Waals surface area contributed by atoms with E-state index in [1.54, 1.807) is 24.8 Å². The van der Waals surface area contributed by atoms with Crippen molar-refractivity contribution in [1.82, 2.24) is 24.8 Å². The number of carbonyl (C=O) groups excluding carboxylic acids is 1. The van der Waals surface area contributed by atoms with Gasteiger partial charge in [0.15, 0.2) is 5.82 Å². The molecule has 0 radical (unpaired) electrons. The van der Waals surface area contributed by atoms with Gasteiger partial charge < -0.3 is 10.2 Å². The highest BCUT2D eigenvalue weighted by Crippen LogP contribution is 2.31. The molecule has 0 unspecified atom stereocenters. The van der Waals surface area contributed by atoms with Gasteiger partial charge in [0.25, 0.3) is 0 Å². The molecule has 7 nitrogen and oxygen atoms in total. The summed E-state index contributed by atoms with van der Waals surface area (Å²) in [5, 5.41) is 3.07. The van der Waals surface area contributed by atoms with E-state index < -0.39 is 0 Å². The van der Waals surface area contributed by atoms with Crippen molar-refractivity contribution in [1.29, 1.82) is 0 Å². The fourth-order valence-electron chi connectivity index (χ4n) is 3.96. The molecule has 4 rings (SSSR count). The SMILES string of the molecule is O=C(CC1CCCC1)N1CC[C@H](c2ccnc(Nc3cnccn3)n2)C1. The second-order valence-electron chi connectivity index (χ2n) is 7.20. The summed E-state index contributed by atoms with van der Waals surface area (Å²) in [6, 6.07) is 1.94. The normalized spacial score (nSPS) is 20.5. The van der Waals surface area contributed by atoms with E-state index in [-0.39, 0.29) is 5.92 Å². The summed E-state index contributed by atoms with van der Waals surface area (Å²) in [4.78, 5) is 31.6. The maximum Gasteiger partial charge on any atom is 0.228 e. The molecule has 0 spiro atoms. The van der Waals surface area contributed by atoms with Gasteiger partial charge in [0.05, 0.1) is 11.9 Å². The maximum absolute atomic E-state index is 12.6. The van der Waals surface area contributed by atoms with Gasteiger partial charge in [-0.25, -0.2) is 15.0 Å². The quantitative estimate of drug-likeness (QED) is 0.891. The predicted molar refractivity (Wildman–Crippen MR) is 97.9 cm³/mol. The average molecular weight is 352 g/mol. The highest BCUT2D eigenvalue weighted by molar-refractivity contribution is 5.76. The Balaban J connectivity index is 1.37.